The third-order valence-corrected chi connectivity index (χ3v) is 5.92. The lowest BCUT2D eigenvalue weighted by molar-refractivity contribution is 0.190. The first-order valence-corrected chi connectivity index (χ1v) is 10.3. The lowest BCUT2D eigenvalue weighted by Crippen LogP contribution is -2.25. The van der Waals surface area contributed by atoms with E-state index in [0.717, 1.165) is 33.4 Å². The number of aryl methyl sites for hydroxylation is 2. The lowest BCUT2D eigenvalue weighted by Gasteiger charge is -2.19. The topological polar surface area (TPSA) is 69.3 Å². The van der Waals surface area contributed by atoms with Gasteiger partial charge >= 0.3 is 0 Å². The van der Waals surface area contributed by atoms with Gasteiger partial charge in [0.1, 0.15) is 11.3 Å². The second-order valence-electron chi connectivity index (χ2n) is 8.01. The van der Waals surface area contributed by atoms with Gasteiger partial charge in [0.05, 0.1) is 31.6 Å². The van der Waals surface area contributed by atoms with Gasteiger partial charge in [0.15, 0.2) is 0 Å². The molecule has 2 aromatic heterocycles. The van der Waals surface area contributed by atoms with Gasteiger partial charge < -0.3 is 14.4 Å². The summed E-state index contributed by atoms with van der Waals surface area (Å²) < 4.78 is 8.51. The molecular weight excluding hydrogens is 390 g/mol. The first kappa shape index (κ1) is 20.9. The molecule has 1 N–H and O–H groups in total. The quantitative estimate of drug-likeness (QED) is 0.530. The minimum absolute atomic E-state index is 0.176. The van der Waals surface area contributed by atoms with Crippen LogP contribution in [0.5, 0.6) is 5.75 Å². The van der Waals surface area contributed by atoms with Crippen LogP contribution in [-0.2, 0) is 13.6 Å². The van der Waals surface area contributed by atoms with Crippen LogP contribution < -0.4 is 10.3 Å². The van der Waals surface area contributed by atoms with Crippen molar-refractivity contribution in [1.29, 1.82) is 0 Å². The summed E-state index contributed by atoms with van der Waals surface area (Å²) in [6.07, 6.45) is 0.931. The third-order valence-electron chi connectivity index (χ3n) is 5.92. The summed E-state index contributed by atoms with van der Waals surface area (Å²) in [5.74, 6) is 0.781. The fourth-order valence-electron chi connectivity index (χ4n) is 4.08. The van der Waals surface area contributed by atoms with Crippen molar-refractivity contribution in [3.63, 3.8) is 0 Å². The molecule has 0 spiro atoms. The van der Waals surface area contributed by atoms with Crippen molar-refractivity contribution >= 4 is 10.9 Å². The Balaban J connectivity index is 1.95. The Hall–Kier alpha value is -3.38. The van der Waals surface area contributed by atoms with Crippen molar-refractivity contribution in [1.82, 2.24) is 14.3 Å². The van der Waals surface area contributed by atoms with Crippen molar-refractivity contribution in [3.8, 4) is 16.9 Å². The summed E-state index contributed by atoms with van der Waals surface area (Å²) in [4.78, 5) is 13.3. The van der Waals surface area contributed by atoms with E-state index in [1.807, 2.05) is 30.3 Å². The van der Waals surface area contributed by atoms with E-state index in [4.69, 9.17) is 4.74 Å². The summed E-state index contributed by atoms with van der Waals surface area (Å²) in [6.45, 7) is 6.28. The van der Waals surface area contributed by atoms with Gasteiger partial charge in [-0.1, -0.05) is 30.3 Å². The van der Waals surface area contributed by atoms with E-state index in [1.165, 1.54) is 5.56 Å². The van der Waals surface area contributed by atoms with E-state index >= 15 is 0 Å². The normalized spacial score (nSPS) is 12.3. The molecule has 6 heteroatoms. The van der Waals surface area contributed by atoms with Gasteiger partial charge in [0.25, 0.3) is 5.56 Å². The van der Waals surface area contributed by atoms with Crippen LogP contribution in [0.2, 0.25) is 0 Å². The van der Waals surface area contributed by atoms with Gasteiger partial charge in [-0.05, 0) is 55.2 Å². The Kier molecular flexibility index (Phi) is 5.41. The van der Waals surface area contributed by atoms with Crippen molar-refractivity contribution in [2.75, 3.05) is 7.11 Å². The fourth-order valence-corrected chi connectivity index (χ4v) is 4.08. The molecule has 0 saturated carbocycles. The zero-order valence-electron chi connectivity index (χ0n) is 18.5. The highest BCUT2D eigenvalue weighted by Crippen LogP contribution is 2.34. The van der Waals surface area contributed by atoms with E-state index in [1.54, 1.807) is 36.5 Å². The van der Waals surface area contributed by atoms with Gasteiger partial charge in [0.2, 0.25) is 0 Å². The number of ether oxygens (including phenoxy) is 1. The van der Waals surface area contributed by atoms with E-state index in [-0.39, 0.29) is 5.56 Å². The molecule has 2 heterocycles. The highest BCUT2D eigenvalue weighted by atomic mass is 16.5. The number of hydrogen-bond acceptors (Lipinski definition) is 4. The maximum atomic E-state index is 13.3. The van der Waals surface area contributed by atoms with E-state index in [9.17, 15) is 9.90 Å². The van der Waals surface area contributed by atoms with Crippen LogP contribution in [0.15, 0.2) is 53.5 Å². The number of methoxy groups -OCH3 is 1. The Bertz CT molecular complexity index is 1310. The first-order valence-electron chi connectivity index (χ1n) is 10.3. The molecule has 0 aliphatic heterocycles. The number of aromatic nitrogens is 3. The average molecular weight is 418 g/mol. The van der Waals surface area contributed by atoms with Crippen LogP contribution in [0.3, 0.4) is 0 Å². The number of pyridine rings is 1. The number of fused-ring (bicyclic) bond motifs is 1. The standard InChI is InChI=1S/C25H27N3O3/c1-15-6-9-19(12-16(15)2)22-21-13-26-28(14-18-7-10-20(31-5)11-8-18)24(21)25(30)27(4)23(22)17(3)29/h6-13,17,29H,14H2,1-5H3. The highest BCUT2D eigenvalue weighted by molar-refractivity contribution is 5.95. The predicted molar refractivity (Wildman–Crippen MR) is 123 cm³/mol. The number of rotatable bonds is 5. The maximum Gasteiger partial charge on any atom is 0.276 e. The lowest BCUT2D eigenvalue weighted by atomic mass is 9.95. The zero-order chi connectivity index (χ0) is 22.3. The molecule has 0 aliphatic rings. The summed E-state index contributed by atoms with van der Waals surface area (Å²) in [7, 11) is 3.34. The van der Waals surface area contributed by atoms with Crippen molar-refractivity contribution in [2.24, 2.45) is 7.05 Å². The number of nitrogens with zero attached hydrogens (tertiary/aromatic N) is 3. The number of hydrogen-bond donors (Lipinski definition) is 1. The molecular formula is C25H27N3O3. The van der Waals surface area contributed by atoms with Gasteiger partial charge in [-0.15, -0.1) is 0 Å². The van der Waals surface area contributed by atoms with Gasteiger partial charge in [-0.25, -0.2) is 0 Å². The monoisotopic (exact) mass is 417 g/mol. The van der Waals surface area contributed by atoms with Crippen LogP contribution in [-0.4, -0.2) is 26.6 Å². The number of benzene rings is 2. The van der Waals surface area contributed by atoms with Crippen LogP contribution in [0.4, 0.5) is 0 Å². The predicted octanol–water partition coefficient (Wildman–Crippen LogP) is 4.13. The molecule has 1 unspecified atom stereocenters. The molecule has 4 aromatic rings. The highest BCUT2D eigenvalue weighted by Gasteiger charge is 2.23. The van der Waals surface area contributed by atoms with Crippen LogP contribution in [0.25, 0.3) is 22.0 Å². The van der Waals surface area contributed by atoms with Gasteiger partial charge in [0, 0.05) is 18.0 Å². The summed E-state index contributed by atoms with van der Waals surface area (Å²) in [6, 6.07) is 13.9. The van der Waals surface area contributed by atoms with Crippen LogP contribution in [0, 0.1) is 13.8 Å². The molecule has 31 heavy (non-hydrogen) atoms. The Morgan fingerprint density at radius 1 is 1.10 bits per heavy atom. The molecule has 0 amide bonds. The average Bonchev–Trinajstić information content (AvgIpc) is 3.16. The molecule has 160 valence electrons. The molecule has 0 fully saturated rings. The van der Waals surface area contributed by atoms with Gasteiger partial charge in [-0.3, -0.25) is 9.48 Å². The largest absolute Gasteiger partial charge is 0.497 e. The Morgan fingerprint density at radius 2 is 1.81 bits per heavy atom. The smallest absolute Gasteiger partial charge is 0.276 e. The van der Waals surface area contributed by atoms with Crippen LogP contribution in [0.1, 0.15) is 35.4 Å². The van der Waals surface area contributed by atoms with Gasteiger partial charge in [-0.2, -0.15) is 5.10 Å². The molecule has 2 aromatic carbocycles. The summed E-state index contributed by atoms with van der Waals surface area (Å²) in [5, 5.41) is 15.8. The zero-order valence-corrected chi connectivity index (χ0v) is 18.5. The first-order chi connectivity index (χ1) is 14.8. The maximum absolute atomic E-state index is 13.3. The second-order valence-corrected chi connectivity index (χ2v) is 8.01. The minimum Gasteiger partial charge on any atom is -0.497 e. The Labute approximate surface area is 181 Å². The van der Waals surface area contributed by atoms with E-state index < -0.39 is 6.10 Å². The molecule has 1 atom stereocenters. The number of aliphatic hydroxyl groups excluding tert-OH is 1. The minimum atomic E-state index is -0.802. The Morgan fingerprint density at radius 3 is 2.42 bits per heavy atom. The molecule has 0 bridgehead atoms. The van der Waals surface area contributed by atoms with E-state index in [0.29, 0.717) is 17.8 Å². The third kappa shape index (κ3) is 3.64. The summed E-state index contributed by atoms with van der Waals surface area (Å²) in [5.41, 5.74) is 6.10. The SMILES string of the molecule is COc1ccc(Cn2ncc3c(-c4ccc(C)c(C)c4)c(C(C)O)n(C)c(=O)c32)cc1. The van der Waals surface area contributed by atoms with Crippen molar-refractivity contribution < 1.29 is 9.84 Å². The molecule has 0 saturated heterocycles. The number of aliphatic hydroxyl groups is 1. The molecule has 0 aliphatic carbocycles. The molecule has 4 rings (SSSR count). The molecule has 0 radical (unpaired) electrons. The van der Waals surface area contributed by atoms with Crippen molar-refractivity contribution in [2.45, 2.75) is 33.4 Å². The summed E-state index contributed by atoms with van der Waals surface area (Å²) >= 11 is 0. The van der Waals surface area contributed by atoms with Crippen molar-refractivity contribution in [3.05, 3.63) is 81.4 Å². The molecule has 6 nitrogen and oxygen atoms in total. The van der Waals surface area contributed by atoms with E-state index in [2.05, 4.69) is 31.1 Å². The second kappa shape index (κ2) is 8.04. The van der Waals surface area contributed by atoms with Crippen LogP contribution >= 0.6 is 0 Å². The fraction of sp³-hybridized carbons (Fsp3) is 0.280.